The van der Waals surface area contributed by atoms with Gasteiger partial charge in [-0.2, -0.15) is 5.26 Å². The fourth-order valence-corrected chi connectivity index (χ4v) is 3.21. The molecule has 0 spiro atoms. The van der Waals surface area contributed by atoms with E-state index >= 15 is 0 Å². The average molecular weight is 310 g/mol. The summed E-state index contributed by atoms with van der Waals surface area (Å²) in [5.74, 6) is -1.50. The molecule has 6 nitrogen and oxygen atoms in total. The second-order valence-electron chi connectivity index (χ2n) is 5.21. The Morgan fingerprint density at radius 2 is 2.10 bits per heavy atom. The van der Waals surface area contributed by atoms with Crippen LogP contribution >= 0.6 is 0 Å². The van der Waals surface area contributed by atoms with Crippen LogP contribution in [0, 0.1) is 17.2 Å². The molecule has 1 rings (SSSR count). The Labute approximate surface area is 124 Å². The predicted octanol–water partition coefficient (Wildman–Crippen LogP) is 1.48. The SMILES string of the molecule is CC(C)CC(NS(=O)(=O)Cc1cccc(C#N)c1)C(=O)O. The molecule has 0 aromatic heterocycles. The lowest BCUT2D eigenvalue weighted by Crippen LogP contribution is -2.42. The van der Waals surface area contributed by atoms with Crippen molar-refractivity contribution in [3.05, 3.63) is 35.4 Å². The van der Waals surface area contributed by atoms with Gasteiger partial charge in [0.1, 0.15) is 6.04 Å². The van der Waals surface area contributed by atoms with E-state index in [4.69, 9.17) is 10.4 Å². The summed E-state index contributed by atoms with van der Waals surface area (Å²) in [6.07, 6.45) is 0.215. The molecule has 2 N–H and O–H groups in total. The van der Waals surface area contributed by atoms with Gasteiger partial charge in [-0.1, -0.05) is 26.0 Å². The number of hydrogen-bond acceptors (Lipinski definition) is 4. The highest BCUT2D eigenvalue weighted by molar-refractivity contribution is 7.88. The van der Waals surface area contributed by atoms with Crippen molar-refractivity contribution >= 4 is 16.0 Å². The van der Waals surface area contributed by atoms with Gasteiger partial charge in [0.05, 0.1) is 17.4 Å². The third kappa shape index (κ3) is 5.94. The summed E-state index contributed by atoms with van der Waals surface area (Å²) in [5.41, 5.74) is 0.801. The number of carboxylic acid groups (broad SMARTS) is 1. The first-order chi connectivity index (χ1) is 9.73. The van der Waals surface area contributed by atoms with Crippen molar-refractivity contribution in [3.63, 3.8) is 0 Å². The maximum atomic E-state index is 12.0. The van der Waals surface area contributed by atoms with E-state index in [9.17, 15) is 13.2 Å². The van der Waals surface area contributed by atoms with Gasteiger partial charge in [0.2, 0.25) is 10.0 Å². The largest absolute Gasteiger partial charge is 0.480 e. The number of benzene rings is 1. The molecular formula is C14H18N2O4S. The Morgan fingerprint density at radius 3 is 2.62 bits per heavy atom. The van der Waals surface area contributed by atoms with Gasteiger partial charge < -0.3 is 5.11 Å². The van der Waals surface area contributed by atoms with Crippen molar-refractivity contribution in [1.82, 2.24) is 4.72 Å². The fraction of sp³-hybridized carbons (Fsp3) is 0.429. The molecule has 0 saturated heterocycles. The molecule has 0 aliphatic rings. The van der Waals surface area contributed by atoms with Gasteiger partial charge in [0, 0.05) is 0 Å². The molecule has 1 aromatic carbocycles. The summed E-state index contributed by atoms with van der Waals surface area (Å²) >= 11 is 0. The second kappa shape index (κ2) is 7.20. The van der Waals surface area contributed by atoms with Gasteiger partial charge in [-0.25, -0.2) is 13.1 Å². The highest BCUT2D eigenvalue weighted by Crippen LogP contribution is 2.11. The molecule has 0 heterocycles. The Hall–Kier alpha value is -1.91. The molecule has 0 fully saturated rings. The highest BCUT2D eigenvalue weighted by Gasteiger charge is 2.25. The third-order valence-corrected chi connectivity index (χ3v) is 4.10. The first-order valence-electron chi connectivity index (χ1n) is 6.45. The normalized spacial score (nSPS) is 12.9. The lowest BCUT2D eigenvalue weighted by molar-refractivity contribution is -0.139. The Kier molecular flexibility index (Phi) is 5.88. The quantitative estimate of drug-likeness (QED) is 0.793. The molecule has 0 radical (unpaired) electrons. The van der Waals surface area contributed by atoms with Crippen LogP contribution in [-0.4, -0.2) is 25.5 Å². The minimum absolute atomic E-state index is 0.0516. The predicted molar refractivity (Wildman–Crippen MR) is 77.8 cm³/mol. The third-order valence-electron chi connectivity index (χ3n) is 2.74. The summed E-state index contributed by atoms with van der Waals surface area (Å²) < 4.78 is 26.3. The molecule has 1 unspecified atom stereocenters. The van der Waals surface area contributed by atoms with Crippen molar-refractivity contribution in [2.75, 3.05) is 0 Å². The Bertz CT molecular complexity index is 647. The zero-order valence-electron chi connectivity index (χ0n) is 11.9. The first-order valence-corrected chi connectivity index (χ1v) is 8.10. The number of carbonyl (C=O) groups is 1. The Balaban J connectivity index is 2.85. The van der Waals surface area contributed by atoms with Crippen LogP contribution in [0.1, 0.15) is 31.4 Å². The maximum absolute atomic E-state index is 12.0. The van der Waals surface area contributed by atoms with Crippen molar-refractivity contribution in [1.29, 1.82) is 5.26 Å². The van der Waals surface area contributed by atoms with Crippen LogP contribution < -0.4 is 4.72 Å². The summed E-state index contributed by atoms with van der Waals surface area (Å²) in [4.78, 5) is 11.1. The summed E-state index contributed by atoms with van der Waals surface area (Å²) in [5, 5.41) is 17.8. The van der Waals surface area contributed by atoms with E-state index in [0.717, 1.165) is 0 Å². The van der Waals surface area contributed by atoms with E-state index in [2.05, 4.69) is 4.72 Å². The minimum Gasteiger partial charge on any atom is -0.480 e. The number of hydrogen-bond donors (Lipinski definition) is 2. The van der Waals surface area contributed by atoms with Crippen LogP contribution in [0.2, 0.25) is 0 Å². The van der Waals surface area contributed by atoms with Crippen LogP contribution in [-0.2, 0) is 20.6 Å². The smallest absolute Gasteiger partial charge is 0.321 e. The van der Waals surface area contributed by atoms with Crippen LogP contribution in [0.25, 0.3) is 0 Å². The zero-order chi connectivity index (χ0) is 16.0. The number of nitriles is 1. The van der Waals surface area contributed by atoms with E-state index in [1.165, 1.54) is 6.07 Å². The van der Waals surface area contributed by atoms with Gasteiger partial charge in [-0.05, 0) is 30.0 Å². The molecular weight excluding hydrogens is 292 g/mol. The van der Waals surface area contributed by atoms with Gasteiger partial charge in [-0.3, -0.25) is 4.79 Å². The van der Waals surface area contributed by atoms with E-state index in [1.54, 1.807) is 18.2 Å². The topological polar surface area (TPSA) is 107 Å². The molecule has 0 aliphatic carbocycles. The molecule has 7 heteroatoms. The van der Waals surface area contributed by atoms with E-state index in [-0.39, 0.29) is 18.1 Å². The molecule has 1 atom stereocenters. The van der Waals surface area contributed by atoms with Gasteiger partial charge in [-0.15, -0.1) is 0 Å². The fourth-order valence-electron chi connectivity index (χ4n) is 1.88. The van der Waals surface area contributed by atoms with Crippen molar-refractivity contribution < 1.29 is 18.3 Å². The summed E-state index contributed by atoms with van der Waals surface area (Å²) in [7, 11) is -3.79. The van der Waals surface area contributed by atoms with Crippen molar-refractivity contribution in [2.24, 2.45) is 5.92 Å². The molecule has 1 aromatic rings. The molecule has 0 aliphatic heterocycles. The zero-order valence-corrected chi connectivity index (χ0v) is 12.7. The number of sulfonamides is 1. The lowest BCUT2D eigenvalue weighted by Gasteiger charge is -2.16. The van der Waals surface area contributed by atoms with Gasteiger partial charge in [0.25, 0.3) is 0 Å². The first kappa shape index (κ1) is 17.1. The maximum Gasteiger partial charge on any atom is 0.321 e. The standard InChI is InChI=1S/C14H18N2O4S/c1-10(2)6-13(14(17)18)16-21(19,20)9-12-5-3-4-11(7-12)8-15/h3-5,7,10,13,16H,6,9H2,1-2H3,(H,17,18). The molecule has 0 bridgehead atoms. The molecule has 0 amide bonds. The number of carboxylic acids is 1. The van der Waals surface area contributed by atoms with E-state index in [0.29, 0.717) is 11.1 Å². The lowest BCUT2D eigenvalue weighted by atomic mass is 10.1. The van der Waals surface area contributed by atoms with Crippen LogP contribution in [0.3, 0.4) is 0 Å². The van der Waals surface area contributed by atoms with E-state index in [1.807, 2.05) is 19.9 Å². The monoisotopic (exact) mass is 310 g/mol. The second-order valence-corrected chi connectivity index (χ2v) is 6.96. The van der Waals surface area contributed by atoms with Crippen LogP contribution in [0.15, 0.2) is 24.3 Å². The van der Waals surface area contributed by atoms with Crippen molar-refractivity contribution in [3.8, 4) is 6.07 Å². The molecule has 21 heavy (non-hydrogen) atoms. The van der Waals surface area contributed by atoms with E-state index < -0.39 is 22.0 Å². The summed E-state index contributed by atoms with van der Waals surface area (Å²) in [6, 6.07) is 7.00. The Morgan fingerprint density at radius 1 is 1.43 bits per heavy atom. The minimum atomic E-state index is -3.79. The van der Waals surface area contributed by atoms with Crippen LogP contribution in [0.5, 0.6) is 0 Å². The van der Waals surface area contributed by atoms with Gasteiger partial charge >= 0.3 is 5.97 Å². The summed E-state index contributed by atoms with van der Waals surface area (Å²) in [6.45, 7) is 3.64. The number of rotatable bonds is 7. The molecule has 0 saturated carbocycles. The molecule has 114 valence electrons. The number of nitrogens with zero attached hydrogens (tertiary/aromatic N) is 1. The number of aliphatic carboxylic acids is 1. The van der Waals surface area contributed by atoms with Crippen molar-refractivity contribution in [2.45, 2.75) is 32.1 Å². The average Bonchev–Trinajstić information content (AvgIpc) is 2.36. The van der Waals surface area contributed by atoms with Gasteiger partial charge in [0.15, 0.2) is 0 Å². The highest BCUT2D eigenvalue weighted by atomic mass is 32.2. The van der Waals surface area contributed by atoms with Crippen LogP contribution in [0.4, 0.5) is 0 Å². The number of nitrogens with one attached hydrogen (secondary N) is 1.